The standard InChI is InChI=1S/C13H16O4S/c1-10-3-5-12(6-4-10)13(15)9-18(16,17)8-7-11(2)14/h3-6H,7-9H2,1-2H3. The van der Waals surface area contributed by atoms with Crippen molar-refractivity contribution in [2.75, 3.05) is 11.5 Å². The molecule has 0 spiro atoms. The van der Waals surface area contributed by atoms with Crippen molar-refractivity contribution in [3.63, 3.8) is 0 Å². The van der Waals surface area contributed by atoms with Crippen molar-refractivity contribution >= 4 is 21.4 Å². The molecule has 0 atom stereocenters. The number of benzene rings is 1. The van der Waals surface area contributed by atoms with Gasteiger partial charge in [-0.15, -0.1) is 0 Å². The third kappa shape index (κ3) is 4.79. The quantitative estimate of drug-likeness (QED) is 0.734. The van der Waals surface area contributed by atoms with Gasteiger partial charge in [0, 0.05) is 12.0 Å². The molecular weight excluding hydrogens is 252 g/mol. The van der Waals surface area contributed by atoms with Gasteiger partial charge in [-0.05, 0) is 13.8 Å². The van der Waals surface area contributed by atoms with Crippen LogP contribution in [0.15, 0.2) is 24.3 Å². The molecule has 0 amide bonds. The average Bonchev–Trinajstić information content (AvgIpc) is 2.27. The zero-order chi connectivity index (χ0) is 13.8. The molecule has 0 saturated heterocycles. The molecule has 0 aliphatic carbocycles. The molecule has 0 bridgehead atoms. The van der Waals surface area contributed by atoms with Crippen LogP contribution >= 0.6 is 0 Å². The van der Waals surface area contributed by atoms with Crippen LogP contribution in [0.5, 0.6) is 0 Å². The summed E-state index contributed by atoms with van der Waals surface area (Å²) in [6, 6.07) is 6.74. The first-order valence-corrected chi connectivity index (χ1v) is 7.42. The Bertz CT molecular complexity index is 541. The second kappa shape index (κ2) is 5.91. The second-order valence-electron chi connectivity index (χ2n) is 4.33. The normalized spacial score (nSPS) is 11.2. The van der Waals surface area contributed by atoms with Gasteiger partial charge >= 0.3 is 0 Å². The number of sulfone groups is 1. The fourth-order valence-electron chi connectivity index (χ4n) is 1.39. The molecule has 0 aliphatic heterocycles. The van der Waals surface area contributed by atoms with Gasteiger partial charge in [0.05, 0.1) is 5.75 Å². The Balaban J connectivity index is 2.69. The fourth-order valence-corrected chi connectivity index (χ4v) is 2.70. The van der Waals surface area contributed by atoms with E-state index in [0.717, 1.165) is 5.56 Å². The zero-order valence-corrected chi connectivity index (χ0v) is 11.3. The highest BCUT2D eigenvalue weighted by Gasteiger charge is 2.18. The number of rotatable bonds is 6. The van der Waals surface area contributed by atoms with E-state index in [0.29, 0.717) is 5.56 Å². The van der Waals surface area contributed by atoms with Crippen LogP contribution in [0.25, 0.3) is 0 Å². The van der Waals surface area contributed by atoms with E-state index in [-0.39, 0.29) is 18.0 Å². The van der Waals surface area contributed by atoms with Crippen LogP contribution in [0.4, 0.5) is 0 Å². The Morgan fingerprint density at radius 2 is 1.67 bits per heavy atom. The summed E-state index contributed by atoms with van der Waals surface area (Å²) in [7, 11) is -3.50. The van der Waals surface area contributed by atoms with Crippen LogP contribution < -0.4 is 0 Å². The molecule has 0 radical (unpaired) electrons. The number of Topliss-reactive ketones (excluding diaryl/α,β-unsaturated/α-hetero) is 2. The lowest BCUT2D eigenvalue weighted by Gasteiger charge is -2.03. The predicted molar refractivity (Wildman–Crippen MR) is 69.5 cm³/mol. The maximum absolute atomic E-state index is 11.8. The maximum atomic E-state index is 11.8. The number of aryl methyl sites for hydroxylation is 1. The molecule has 0 fully saturated rings. The predicted octanol–water partition coefficient (Wildman–Crippen LogP) is 1.57. The van der Waals surface area contributed by atoms with E-state index < -0.39 is 21.4 Å². The lowest BCUT2D eigenvalue weighted by atomic mass is 10.1. The second-order valence-corrected chi connectivity index (χ2v) is 6.52. The Kier molecular flexibility index (Phi) is 4.78. The highest BCUT2D eigenvalue weighted by Crippen LogP contribution is 2.06. The minimum atomic E-state index is -3.50. The van der Waals surface area contributed by atoms with E-state index in [1.54, 1.807) is 24.3 Å². The van der Waals surface area contributed by atoms with E-state index >= 15 is 0 Å². The van der Waals surface area contributed by atoms with Crippen molar-refractivity contribution in [3.05, 3.63) is 35.4 Å². The van der Waals surface area contributed by atoms with Crippen molar-refractivity contribution < 1.29 is 18.0 Å². The minimum absolute atomic E-state index is 0.0382. The maximum Gasteiger partial charge on any atom is 0.177 e. The summed E-state index contributed by atoms with van der Waals surface area (Å²) in [5, 5.41) is 0. The SMILES string of the molecule is CC(=O)CCS(=O)(=O)CC(=O)c1ccc(C)cc1. The molecular formula is C13H16O4S. The number of carbonyl (C=O) groups is 2. The van der Waals surface area contributed by atoms with Gasteiger partial charge in [0.2, 0.25) is 0 Å². The Morgan fingerprint density at radius 3 is 2.17 bits per heavy atom. The molecule has 4 nitrogen and oxygen atoms in total. The first-order chi connectivity index (χ1) is 8.30. The zero-order valence-electron chi connectivity index (χ0n) is 10.5. The summed E-state index contributed by atoms with van der Waals surface area (Å²) in [5.41, 5.74) is 1.39. The molecule has 1 rings (SSSR count). The highest BCUT2D eigenvalue weighted by atomic mass is 32.2. The molecule has 0 N–H and O–H groups in total. The average molecular weight is 268 g/mol. The van der Waals surface area contributed by atoms with Gasteiger partial charge in [0.1, 0.15) is 11.5 Å². The Hall–Kier alpha value is -1.49. The molecule has 1 aromatic rings. The van der Waals surface area contributed by atoms with E-state index in [4.69, 9.17) is 0 Å². The Morgan fingerprint density at radius 1 is 1.11 bits per heavy atom. The van der Waals surface area contributed by atoms with Gasteiger partial charge in [-0.1, -0.05) is 29.8 Å². The fraction of sp³-hybridized carbons (Fsp3) is 0.385. The number of ketones is 2. The van der Waals surface area contributed by atoms with E-state index in [9.17, 15) is 18.0 Å². The lowest BCUT2D eigenvalue weighted by molar-refractivity contribution is -0.116. The van der Waals surface area contributed by atoms with Crippen LogP contribution in [0.2, 0.25) is 0 Å². The van der Waals surface area contributed by atoms with E-state index in [2.05, 4.69) is 0 Å². The van der Waals surface area contributed by atoms with Crippen molar-refractivity contribution in [2.24, 2.45) is 0 Å². The van der Waals surface area contributed by atoms with Gasteiger partial charge in [0.25, 0.3) is 0 Å². The first-order valence-electron chi connectivity index (χ1n) is 5.60. The summed E-state index contributed by atoms with van der Waals surface area (Å²) >= 11 is 0. The molecule has 5 heteroatoms. The van der Waals surface area contributed by atoms with Gasteiger partial charge < -0.3 is 0 Å². The van der Waals surface area contributed by atoms with Gasteiger partial charge in [-0.25, -0.2) is 8.42 Å². The van der Waals surface area contributed by atoms with Crippen LogP contribution in [0, 0.1) is 6.92 Å². The van der Waals surface area contributed by atoms with Gasteiger partial charge in [-0.3, -0.25) is 9.59 Å². The number of carbonyl (C=O) groups excluding carboxylic acids is 2. The highest BCUT2D eigenvalue weighted by molar-refractivity contribution is 7.92. The molecule has 0 heterocycles. The van der Waals surface area contributed by atoms with Crippen LogP contribution in [0.3, 0.4) is 0 Å². The molecule has 0 unspecified atom stereocenters. The molecule has 0 saturated carbocycles. The third-order valence-corrected chi connectivity index (χ3v) is 4.02. The monoisotopic (exact) mass is 268 g/mol. The molecule has 0 aliphatic rings. The van der Waals surface area contributed by atoms with E-state index in [1.807, 2.05) is 6.92 Å². The van der Waals surface area contributed by atoms with Crippen LogP contribution in [-0.4, -0.2) is 31.5 Å². The van der Waals surface area contributed by atoms with Crippen molar-refractivity contribution in [1.82, 2.24) is 0 Å². The summed E-state index contributed by atoms with van der Waals surface area (Å²) < 4.78 is 23.2. The van der Waals surface area contributed by atoms with Crippen LogP contribution in [0.1, 0.15) is 29.3 Å². The molecule has 98 valence electrons. The first kappa shape index (κ1) is 14.6. The number of hydrogen-bond donors (Lipinski definition) is 0. The van der Waals surface area contributed by atoms with Crippen molar-refractivity contribution in [1.29, 1.82) is 0 Å². The largest absolute Gasteiger partial charge is 0.300 e. The number of hydrogen-bond acceptors (Lipinski definition) is 4. The third-order valence-electron chi connectivity index (χ3n) is 2.49. The Labute approximate surface area is 107 Å². The van der Waals surface area contributed by atoms with Crippen LogP contribution in [-0.2, 0) is 14.6 Å². The smallest absolute Gasteiger partial charge is 0.177 e. The van der Waals surface area contributed by atoms with Crippen molar-refractivity contribution in [2.45, 2.75) is 20.3 Å². The van der Waals surface area contributed by atoms with Gasteiger partial charge in [0.15, 0.2) is 15.6 Å². The van der Waals surface area contributed by atoms with Gasteiger partial charge in [-0.2, -0.15) is 0 Å². The minimum Gasteiger partial charge on any atom is -0.300 e. The lowest BCUT2D eigenvalue weighted by Crippen LogP contribution is -2.20. The molecule has 0 aromatic heterocycles. The van der Waals surface area contributed by atoms with E-state index in [1.165, 1.54) is 6.92 Å². The summed E-state index contributed by atoms with van der Waals surface area (Å²) in [6.07, 6.45) is -0.0382. The summed E-state index contributed by atoms with van der Waals surface area (Å²) in [6.45, 7) is 3.22. The molecule has 1 aromatic carbocycles. The van der Waals surface area contributed by atoms with Crippen molar-refractivity contribution in [3.8, 4) is 0 Å². The topological polar surface area (TPSA) is 68.3 Å². The summed E-state index contributed by atoms with van der Waals surface area (Å²) in [5.74, 6) is -1.43. The summed E-state index contributed by atoms with van der Waals surface area (Å²) in [4.78, 5) is 22.5. The molecule has 18 heavy (non-hydrogen) atoms.